The minimum Gasteiger partial charge on any atom is -0.481 e. The van der Waals surface area contributed by atoms with Crippen molar-refractivity contribution in [1.82, 2.24) is 10.2 Å². The van der Waals surface area contributed by atoms with Gasteiger partial charge in [-0.3, -0.25) is 4.79 Å². The average Bonchev–Trinajstić information content (AvgIpc) is 2.53. The van der Waals surface area contributed by atoms with E-state index in [0.717, 1.165) is 6.42 Å². The van der Waals surface area contributed by atoms with Gasteiger partial charge in [-0.25, -0.2) is 4.79 Å². The molecule has 2 amide bonds. The van der Waals surface area contributed by atoms with E-state index < -0.39 is 11.4 Å². The van der Waals surface area contributed by atoms with Crippen molar-refractivity contribution in [1.29, 1.82) is 0 Å². The predicted octanol–water partition coefficient (Wildman–Crippen LogP) is 0.688. The normalized spacial score (nSPS) is 25.4. The lowest BCUT2D eigenvalue weighted by Crippen LogP contribution is -2.53. The molecule has 1 unspecified atom stereocenters. The summed E-state index contributed by atoms with van der Waals surface area (Å²) in [5.74, 6) is -0.862. The third kappa shape index (κ3) is 3.85. The Balaban J connectivity index is 1.88. The Morgan fingerprint density at radius 1 is 1.33 bits per heavy atom. The van der Waals surface area contributed by atoms with Crippen LogP contribution in [0.4, 0.5) is 4.79 Å². The highest BCUT2D eigenvalue weighted by Crippen LogP contribution is 2.30. The fourth-order valence-electron chi connectivity index (χ4n) is 2.74. The Labute approximate surface area is 124 Å². The maximum Gasteiger partial charge on any atom is 0.317 e. The summed E-state index contributed by atoms with van der Waals surface area (Å²) in [6.07, 6.45) is 1.80. The highest BCUT2D eigenvalue weighted by atomic mass is 16.5. The van der Waals surface area contributed by atoms with Crippen molar-refractivity contribution < 1.29 is 24.2 Å². The fourth-order valence-corrected chi connectivity index (χ4v) is 2.74. The zero-order valence-electron chi connectivity index (χ0n) is 12.5. The molecule has 0 aromatic heterocycles. The summed E-state index contributed by atoms with van der Waals surface area (Å²) in [4.78, 5) is 25.4. The Morgan fingerprint density at radius 2 is 2.05 bits per heavy atom. The summed E-state index contributed by atoms with van der Waals surface area (Å²) in [6.45, 7) is 4.67. The van der Waals surface area contributed by atoms with Gasteiger partial charge in [0, 0.05) is 32.8 Å². The number of nitrogens with zero attached hydrogens (tertiary/aromatic N) is 1. The minimum absolute atomic E-state index is 0.0704. The van der Waals surface area contributed by atoms with E-state index in [-0.39, 0.29) is 18.7 Å². The second kappa shape index (κ2) is 7.09. The van der Waals surface area contributed by atoms with Crippen LogP contribution in [-0.4, -0.2) is 67.6 Å². The van der Waals surface area contributed by atoms with Crippen molar-refractivity contribution in [3.8, 4) is 0 Å². The number of carboxylic acids is 1. The average molecular weight is 300 g/mol. The number of carboxylic acid groups (broad SMARTS) is 1. The Kier molecular flexibility index (Phi) is 5.41. The standard InChI is InChI=1S/C14H24N2O5/c1-2-11-9-16(5-8-21-11)13(19)15-10-14(12(17)18)3-6-20-7-4-14/h11H,2-10H2,1H3,(H,15,19)(H,17,18). The highest BCUT2D eigenvalue weighted by Gasteiger charge is 2.40. The van der Waals surface area contributed by atoms with Crippen LogP contribution in [-0.2, 0) is 14.3 Å². The number of morpholine rings is 1. The van der Waals surface area contributed by atoms with Crippen molar-refractivity contribution in [2.45, 2.75) is 32.3 Å². The summed E-state index contributed by atoms with van der Waals surface area (Å²) in [5, 5.41) is 12.2. The van der Waals surface area contributed by atoms with Gasteiger partial charge in [-0.1, -0.05) is 6.92 Å². The first-order valence-electron chi connectivity index (χ1n) is 7.53. The number of hydrogen-bond acceptors (Lipinski definition) is 4. The van der Waals surface area contributed by atoms with Crippen LogP contribution in [0.15, 0.2) is 0 Å². The van der Waals surface area contributed by atoms with Crippen LogP contribution in [0.25, 0.3) is 0 Å². The number of hydrogen-bond donors (Lipinski definition) is 2. The molecule has 2 N–H and O–H groups in total. The van der Waals surface area contributed by atoms with Crippen molar-refractivity contribution in [2.24, 2.45) is 5.41 Å². The second-order valence-electron chi connectivity index (χ2n) is 5.70. The molecular formula is C14H24N2O5. The maximum atomic E-state index is 12.2. The zero-order valence-corrected chi connectivity index (χ0v) is 12.5. The van der Waals surface area contributed by atoms with Crippen LogP contribution < -0.4 is 5.32 Å². The van der Waals surface area contributed by atoms with E-state index in [4.69, 9.17) is 9.47 Å². The highest BCUT2D eigenvalue weighted by molar-refractivity contribution is 5.78. The van der Waals surface area contributed by atoms with Gasteiger partial charge < -0.3 is 24.8 Å². The predicted molar refractivity (Wildman–Crippen MR) is 75.1 cm³/mol. The maximum absolute atomic E-state index is 12.2. The summed E-state index contributed by atoms with van der Waals surface area (Å²) in [6, 6.07) is -0.205. The molecule has 0 saturated carbocycles. The van der Waals surface area contributed by atoms with Crippen molar-refractivity contribution in [3.05, 3.63) is 0 Å². The number of nitrogens with one attached hydrogen (secondary N) is 1. The second-order valence-corrected chi connectivity index (χ2v) is 5.70. The summed E-state index contributed by atoms with van der Waals surface area (Å²) in [7, 11) is 0. The van der Waals surface area contributed by atoms with E-state index in [2.05, 4.69) is 5.32 Å². The topological polar surface area (TPSA) is 88.1 Å². The van der Waals surface area contributed by atoms with E-state index in [1.54, 1.807) is 4.90 Å². The first-order chi connectivity index (χ1) is 10.1. The van der Waals surface area contributed by atoms with Gasteiger partial charge in [0.25, 0.3) is 0 Å². The first-order valence-corrected chi connectivity index (χ1v) is 7.53. The van der Waals surface area contributed by atoms with Gasteiger partial charge in [0.15, 0.2) is 0 Å². The SMILES string of the molecule is CCC1CN(C(=O)NCC2(C(=O)O)CCOCC2)CCO1. The van der Waals surface area contributed by atoms with Gasteiger partial charge in [0.1, 0.15) is 0 Å². The summed E-state index contributed by atoms with van der Waals surface area (Å²) in [5.41, 5.74) is -0.898. The third-order valence-electron chi connectivity index (χ3n) is 4.36. The number of carbonyl (C=O) groups is 2. The number of aliphatic carboxylic acids is 1. The Morgan fingerprint density at radius 3 is 2.67 bits per heavy atom. The molecule has 0 bridgehead atoms. The van der Waals surface area contributed by atoms with Crippen molar-refractivity contribution >= 4 is 12.0 Å². The minimum atomic E-state index is -0.898. The van der Waals surface area contributed by atoms with Crippen LogP contribution >= 0.6 is 0 Å². The summed E-state index contributed by atoms with van der Waals surface area (Å²) >= 11 is 0. The Hall–Kier alpha value is -1.34. The summed E-state index contributed by atoms with van der Waals surface area (Å²) < 4.78 is 10.8. The lowest BCUT2D eigenvalue weighted by atomic mass is 9.80. The van der Waals surface area contributed by atoms with Gasteiger partial charge in [0.2, 0.25) is 0 Å². The molecule has 1 atom stereocenters. The van der Waals surface area contributed by atoms with Crippen LogP contribution in [0.2, 0.25) is 0 Å². The molecule has 0 radical (unpaired) electrons. The molecule has 2 fully saturated rings. The van der Waals surface area contributed by atoms with Crippen molar-refractivity contribution in [3.63, 3.8) is 0 Å². The lowest BCUT2D eigenvalue weighted by molar-refractivity contribution is -0.154. The van der Waals surface area contributed by atoms with E-state index >= 15 is 0 Å². The molecule has 21 heavy (non-hydrogen) atoms. The van der Waals surface area contributed by atoms with Crippen LogP contribution in [0.1, 0.15) is 26.2 Å². The zero-order chi connectivity index (χ0) is 15.3. The van der Waals surface area contributed by atoms with E-state index in [9.17, 15) is 14.7 Å². The lowest BCUT2D eigenvalue weighted by Gasteiger charge is -2.36. The molecule has 7 nitrogen and oxygen atoms in total. The van der Waals surface area contributed by atoms with Crippen LogP contribution in [0, 0.1) is 5.41 Å². The largest absolute Gasteiger partial charge is 0.481 e. The molecule has 2 rings (SSSR count). The number of carbonyl (C=O) groups excluding carboxylic acids is 1. The molecule has 7 heteroatoms. The molecule has 120 valence electrons. The molecule has 2 saturated heterocycles. The smallest absolute Gasteiger partial charge is 0.317 e. The van der Waals surface area contributed by atoms with Gasteiger partial charge in [-0.2, -0.15) is 0 Å². The number of ether oxygens (including phenoxy) is 2. The fraction of sp³-hybridized carbons (Fsp3) is 0.857. The van der Waals surface area contributed by atoms with Crippen LogP contribution in [0.3, 0.4) is 0 Å². The molecule has 2 aliphatic heterocycles. The van der Waals surface area contributed by atoms with Gasteiger partial charge in [0.05, 0.1) is 18.1 Å². The van der Waals surface area contributed by atoms with E-state index in [0.29, 0.717) is 45.8 Å². The molecular weight excluding hydrogens is 276 g/mol. The first kappa shape index (κ1) is 16.0. The molecule has 0 aromatic rings. The van der Waals surface area contributed by atoms with Gasteiger partial charge >= 0.3 is 12.0 Å². The van der Waals surface area contributed by atoms with E-state index in [1.807, 2.05) is 6.92 Å². The van der Waals surface area contributed by atoms with Gasteiger partial charge in [-0.05, 0) is 19.3 Å². The third-order valence-corrected chi connectivity index (χ3v) is 4.36. The quantitative estimate of drug-likeness (QED) is 0.797. The molecule has 0 spiro atoms. The number of urea groups is 1. The number of amides is 2. The number of rotatable bonds is 4. The molecule has 0 aromatic carbocycles. The Bertz CT molecular complexity index is 382. The van der Waals surface area contributed by atoms with Crippen molar-refractivity contribution in [2.75, 3.05) is 39.5 Å². The monoisotopic (exact) mass is 300 g/mol. The molecule has 0 aliphatic carbocycles. The van der Waals surface area contributed by atoms with Crippen LogP contribution in [0.5, 0.6) is 0 Å². The molecule has 2 heterocycles. The van der Waals surface area contributed by atoms with E-state index in [1.165, 1.54) is 0 Å². The molecule has 2 aliphatic rings. The van der Waals surface area contributed by atoms with Gasteiger partial charge in [-0.15, -0.1) is 0 Å².